The van der Waals surface area contributed by atoms with E-state index in [2.05, 4.69) is 5.32 Å². The van der Waals surface area contributed by atoms with Gasteiger partial charge in [-0.3, -0.25) is 19.8 Å². The maximum Gasteiger partial charge on any atom is 0.329 e. The summed E-state index contributed by atoms with van der Waals surface area (Å²) in [4.78, 5) is 38.4. The predicted octanol–water partition coefficient (Wildman–Crippen LogP) is 1.77. The van der Waals surface area contributed by atoms with Gasteiger partial charge in [-0.2, -0.15) is 0 Å². The molecule has 0 aromatic heterocycles. The Morgan fingerprint density at radius 3 is 2.68 bits per heavy atom. The number of rotatable bonds is 6. The number of hydrogen-bond acceptors (Lipinski definition) is 4. The highest BCUT2D eigenvalue weighted by Gasteiger charge is 2.28. The maximum atomic E-state index is 12.5. The first-order valence-corrected chi connectivity index (χ1v) is 8.63. The minimum Gasteiger partial charge on any atom is -0.378 e. The average molecular weight is 345 g/mol. The molecule has 0 bridgehead atoms. The first kappa shape index (κ1) is 17.4. The summed E-state index contributed by atoms with van der Waals surface area (Å²) in [5.74, 6) is -0.378. The van der Waals surface area contributed by atoms with Crippen molar-refractivity contribution in [3.8, 4) is 0 Å². The van der Waals surface area contributed by atoms with Gasteiger partial charge in [-0.15, -0.1) is 0 Å². The lowest BCUT2D eigenvalue weighted by atomic mass is 10.1. The van der Waals surface area contributed by atoms with E-state index in [1.54, 1.807) is 36.2 Å². The zero-order chi connectivity index (χ0) is 17.8. The van der Waals surface area contributed by atoms with Crippen LogP contribution in [0.5, 0.6) is 0 Å². The molecular weight excluding hydrogens is 322 g/mol. The number of nitrogens with one attached hydrogen (secondary N) is 1. The molecule has 134 valence electrons. The van der Waals surface area contributed by atoms with Crippen molar-refractivity contribution in [2.45, 2.75) is 31.8 Å². The van der Waals surface area contributed by atoms with Gasteiger partial charge in [-0.1, -0.05) is 0 Å². The van der Waals surface area contributed by atoms with E-state index >= 15 is 0 Å². The molecule has 2 aliphatic rings. The molecule has 0 unspecified atom stereocenters. The quantitative estimate of drug-likeness (QED) is 0.797. The Labute approximate surface area is 146 Å². The summed E-state index contributed by atoms with van der Waals surface area (Å²) in [6, 6.07) is 6.31. The van der Waals surface area contributed by atoms with Crippen LogP contribution in [0.2, 0.25) is 0 Å². The molecule has 7 heteroatoms. The van der Waals surface area contributed by atoms with Gasteiger partial charge in [-0.25, -0.2) is 4.79 Å². The zero-order valence-corrected chi connectivity index (χ0v) is 14.4. The van der Waals surface area contributed by atoms with E-state index in [1.807, 2.05) is 0 Å². The Morgan fingerprint density at radius 1 is 1.32 bits per heavy atom. The van der Waals surface area contributed by atoms with Crippen LogP contribution in [0.4, 0.5) is 10.5 Å². The molecule has 0 aliphatic carbocycles. The van der Waals surface area contributed by atoms with Crippen LogP contribution in [0.3, 0.4) is 0 Å². The summed E-state index contributed by atoms with van der Waals surface area (Å²) in [5.41, 5.74) is 1.16. The number of amides is 4. The fourth-order valence-corrected chi connectivity index (χ4v) is 3.18. The van der Waals surface area contributed by atoms with E-state index in [0.717, 1.165) is 32.3 Å². The van der Waals surface area contributed by atoms with E-state index in [4.69, 9.17) is 4.74 Å². The molecule has 2 aliphatic heterocycles. The summed E-state index contributed by atoms with van der Waals surface area (Å²) >= 11 is 0. The number of ether oxygens (including phenoxy) is 1. The highest BCUT2D eigenvalue weighted by atomic mass is 16.5. The number of urea groups is 1. The standard InChI is InChI=1S/C18H23N3O4/c1-20(10-2-4-15-5-3-11-25-15)17(23)13-6-8-14(9-7-13)21-12-16(22)19-18(21)24/h6-9,15H,2-5,10-12H2,1H3,(H,19,22,24)/t15-/m0/s1. The van der Waals surface area contributed by atoms with Gasteiger partial charge in [0.25, 0.3) is 5.91 Å². The van der Waals surface area contributed by atoms with Gasteiger partial charge in [0.15, 0.2) is 0 Å². The lowest BCUT2D eigenvalue weighted by molar-refractivity contribution is -0.117. The second kappa shape index (κ2) is 7.65. The van der Waals surface area contributed by atoms with Crippen molar-refractivity contribution in [2.75, 3.05) is 31.6 Å². The third-order valence-electron chi connectivity index (χ3n) is 4.61. The van der Waals surface area contributed by atoms with E-state index in [-0.39, 0.29) is 18.4 Å². The van der Waals surface area contributed by atoms with E-state index < -0.39 is 6.03 Å². The van der Waals surface area contributed by atoms with Crippen molar-refractivity contribution in [3.05, 3.63) is 29.8 Å². The van der Waals surface area contributed by atoms with Crippen LogP contribution in [-0.2, 0) is 9.53 Å². The highest BCUT2D eigenvalue weighted by Crippen LogP contribution is 2.19. The third kappa shape index (κ3) is 4.17. The lowest BCUT2D eigenvalue weighted by Gasteiger charge is -2.19. The van der Waals surface area contributed by atoms with Crippen LogP contribution in [0.15, 0.2) is 24.3 Å². The van der Waals surface area contributed by atoms with Crippen molar-refractivity contribution in [1.29, 1.82) is 0 Å². The third-order valence-corrected chi connectivity index (χ3v) is 4.61. The molecule has 1 aromatic carbocycles. The van der Waals surface area contributed by atoms with Crippen LogP contribution >= 0.6 is 0 Å². The predicted molar refractivity (Wildman–Crippen MR) is 92.5 cm³/mol. The van der Waals surface area contributed by atoms with Gasteiger partial charge in [-0.05, 0) is 49.9 Å². The molecule has 7 nitrogen and oxygen atoms in total. The second-order valence-corrected chi connectivity index (χ2v) is 6.49. The molecule has 0 radical (unpaired) electrons. The summed E-state index contributed by atoms with van der Waals surface area (Å²) in [5, 5.41) is 2.23. The molecule has 3 rings (SSSR count). The zero-order valence-electron chi connectivity index (χ0n) is 14.4. The fourth-order valence-electron chi connectivity index (χ4n) is 3.18. The topological polar surface area (TPSA) is 79.0 Å². The maximum absolute atomic E-state index is 12.5. The minimum atomic E-state index is -0.435. The van der Waals surface area contributed by atoms with Crippen LogP contribution in [-0.4, -0.2) is 55.6 Å². The van der Waals surface area contributed by atoms with Crippen LogP contribution < -0.4 is 10.2 Å². The largest absolute Gasteiger partial charge is 0.378 e. The molecule has 1 N–H and O–H groups in total. The molecule has 2 saturated heterocycles. The van der Waals surface area contributed by atoms with Gasteiger partial charge in [0.1, 0.15) is 6.54 Å². The van der Waals surface area contributed by atoms with Crippen LogP contribution in [0.25, 0.3) is 0 Å². The summed E-state index contributed by atoms with van der Waals surface area (Å²) in [6.45, 7) is 1.55. The number of carbonyl (C=O) groups is 3. The highest BCUT2D eigenvalue weighted by molar-refractivity contribution is 6.12. The van der Waals surface area contributed by atoms with E-state index in [1.165, 1.54) is 4.90 Å². The SMILES string of the molecule is CN(CCC[C@H]1CCCO1)C(=O)c1ccc(N2CC(=O)NC2=O)cc1. The van der Waals surface area contributed by atoms with E-state index in [9.17, 15) is 14.4 Å². The van der Waals surface area contributed by atoms with Crippen LogP contribution in [0.1, 0.15) is 36.0 Å². The van der Waals surface area contributed by atoms with Gasteiger partial charge in [0.2, 0.25) is 5.91 Å². The molecule has 1 aromatic rings. The summed E-state index contributed by atoms with van der Waals surface area (Å²) < 4.78 is 5.59. The van der Waals surface area contributed by atoms with Gasteiger partial charge in [0, 0.05) is 31.5 Å². The van der Waals surface area contributed by atoms with Crippen molar-refractivity contribution in [3.63, 3.8) is 0 Å². The number of carbonyl (C=O) groups excluding carboxylic acids is 3. The number of anilines is 1. The van der Waals surface area contributed by atoms with Gasteiger partial charge < -0.3 is 9.64 Å². The first-order valence-electron chi connectivity index (χ1n) is 8.63. The van der Waals surface area contributed by atoms with Crippen molar-refractivity contribution >= 4 is 23.5 Å². The van der Waals surface area contributed by atoms with Gasteiger partial charge in [0.05, 0.1) is 6.10 Å². The second-order valence-electron chi connectivity index (χ2n) is 6.49. The number of benzene rings is 1. The molecular formula is C18H23N3O4. The summed E-state index contributed by atoms with van der Waals surface area (Å²) in [7, 11) is 1.79. The molecule has 4 amide bonds. The molecule has 0 saturated carbocycles. The van der Waals surface area contributed by atoms with Gasteiger partial charge >= 0.3 is 6.03 Å². The molecule has 1 atom stereocenters. The molecule has 2 fully saturated rings. The lowest BCUT2D eigenvalue weighted by Crippen LogP contribution is -2.29. The number of nitrogens with zero attached hydrogens (tertiary/aromatic N) is 2. The average Bonchev–Trinajstić information content (AvgIpc) is 3.23. The van der Waals surface area contributed by atoms with Crippen LogP contribution in [0, 0.1) is 0 Å². The van der Waals surface area contributed by atoms with Crippen molar-refractivity contribution < 1.29 is 19.1 Å². The van der Waals surface area contributed by atoms with Crippen molar-refractivity contribution in [1.82, 2.24) is 10.2 Å². The Balaban J connectivity index is 1.52. The first-order chi connectivity index (χ1) is 12.0. The fraction of sp³-hybridized carbons (Fsp3) is 0.500. The summed E-state index contributed by atoms with van der Waals surface area (Å²) in [6.07, 6.45) is 4.49. The number of hydrogen-bond donors (Lipinski definition) is 1. The van der Waals surface area contributed by atoms with Crippen molar-refractivity contribution in [2.24, 2.45) is 0 Å². The Kier molecular flexibility index (Phi) is 5.33. The molecule has 0 spiro atoms. The monoisotopic (exact) mass is 345 g/mol. The Morgan fingerprint density at radius 2 is 2.08 bits per heavy atom. The minimum absolute atomic E-state index is 0.00919. The number of imide groups is 1. The van der Waals surface area contributed by atoms with E-state index in [0.29, 0.717) is 23.9 Å². The smallest absolute Gasteiger partial charge is 0.329 e. The normalized spacial score (nSPS) is 20.0. The Bertz CT molecular complexity index is 653. The molecule has 2 heterocycles. The molecule has 25 heavy (non-hydrogen) atoms. The Hall–Kier alpha value is -2.41.